The Balaban J connectivity index is 2.49. The third kappa shape index (κ3) is 4.35. The molecule has 0 fully saturated rings. The van der Waals surface area contributed by atoms with Crippen LogP contribution in [0.15, 0.2) is 17.6 Å². The molecule has 84 valence electrons. The van der Waals surface area contributed by atoms with Gasteiger partial charge >= 0.3 is 0 Å². The molecule has 0 spiro atoms. The van der Waals surface area contributed by atoms with Crippen molar-refractivity contribution in [3.05, 3.63) is 12.4 Å². The molecular weight excluding hydrogens is 212 g/mol. The summed E-state index contributed by atoms with van der Waals surface area (Å²) in [7, 11) is 4.04. The molecule has 1 aromatic heterocycles. The van der Waals surface area contributed by atoms with Crippen LogP contribution in [0.3, 0.4) is 0 Å². The standard InChI is InChI=1S/C9H16N4OS/c1-12(2)5-6-13-4-3-11-9(13)15-7-8(10)14/h3-4H,5-7H2,1-2H3,(H2,10,14). The van der Waals surface area contributed by atoms with Gasteiger partial charge in [0.15, 0.2) is 5.16 Å². The Labute approximate surface area is 93.6 Å². The first-order chi connectivity index (χ1) is 7.09. The lowest BCUT2D eigenvalue weighted by atomic mass is 10.6. The second-order valence-electron chi connectivity index (χ2n) is 3.46. The zero-order chi connectivity index (χ0) is 11.3. The fourth-order valence-corrected chi connectivity index (χ4v) is 1.77. The second-order valence-corrected chi connectivity index (χ2v) is 4.40. The number of primary amides is 1. The predicted octanol–water partition coefficient (Wildman–Crippen LogP) is 0.0221. The van der Waals surface area contributed by atoms with Gasteiger partial charge in [0.05, 0.1) is 5.75 Å². The van der Waals surface area contributed by atoms with Crippen LogP contribution in [0, 0.1) is 0 Å². The van der Waals surface area contributed by atoms with Crippen molar-refractivity contribution in [1.82, 2.24) is 14.5 Å². The summed E-state index contributed by atoms with van der Waals surface area (Å²) in [6, 6.07) is 0. The Morgan fingerprint density at radius 3 is 3.00 bits per heavy atom. The first kappa shape index (κ1) is 12.1. The van der Waals surface area contributed by atoms with Crippen LogP contribution in [0.2, 0.25) is 0 Å². The van der Waals surface area contributed by atoms with Crippen molar-refractivity contribution in [2.75, 3.05) is 26.4 Å². The number of rotatable bonds is 6. The van der Waals surface area contributed by atoms with E-state index in [-0.39, 0.29) is 11.7 Å². The van der Waals surface area contributed by atoms with Gasteiger partial charge in [-0.1, -0.05) is 11.8 Å². The van der Waals surface area contributed by atoms with E-state index in [4.69, 9.17) is 5.73 Å². The molecule has 0 saturated carbocycles. The minimum absolute atomic E-state index is 0.277. The summed E-state index contributed by atoms with van der Waals surface area (Å²) in [5.41, 5.74) is 5.08. The van der Waals surface area contributed by atoms with E-state index < -0.39 is 0 Å². The lowest BCUT2D eigenvalue weighted by Crippen LogP contribution is -2.19. The van der Waals surface area contributed by atoms with Gasteiger partial charge in [0, 0.05) is 25.5 Å². The van der Waals surface area contributed by atoms with Crippen molar-refractivity contribution in [2.45, 2.75) is 11.7 Å². The number of nitrogens with two attached hydrogens (primary N) is 1. The van der Waals surface area contributed by atoms with Crippen LogP contribution >= 0.6 is 11.8 Å². The van der Waals surface area contributed by atoms with E-state index in [2.05, 4.69) is 9.88 Å². The van der Waals surface area contributed by atoms with Gasteiger partial charge in [-0.05, 0) is 14.1 Å². The molecule has 6 heteroatoms. The minimum Gasteiger partial charge on any atom is -0.369 e. The van der Waals surface area contributed by atoms with E-state index in [1.807, 2.05) is 24.9 Å². The number of likely N-dealkylation sites (N-methyl/N-ethyl adjacent to an activating group) is 1. The Kier molecular flexibility index (Phi) is 4.64. The number of carbonyl (C=O) groups is 1. The zero-order valence-corrected chi connectivity index (χ0v) is 9.83. The topological polar surface area (TPSA) is 64.2 Å². The summed E-state index contributed by atoms with van der Waals surface area (Å²) < 4.78 is 2.02. The van der Waals surface area contributed by atoms with Gasteiger partial charge in [-0.15, -0.1) is 0 Å². The van der Waals surface area contributed by atoms with Crippen molar-refractivity contribution < 1.29 is 4.79 Å². The van der Waals surface area contributed by atoms with Crippen molar-refractivity contribution in [1.29, 1.82) is 0 Å². The highest BCUT2D eigenvalue weighted by molar-refractivity contribution is 7.99. The molecule has 0 aromatic carbocycles. The minimum atomic E-state index is -0.317. The van der Waals surface area contributed by atoms with E-state index >= 15 is 0 Å². The van der Waals surface area contributed by atoms with Crippen LogP contribution in [-0.4, -0.2) is 46.8 Å². The van der Waals surface area contributed by atoms with Gasteiger partial charge in [0.1, 0.15) is 0 Å². The first-order valence-corrected chi connectivity index (χ1v) is 5.65. The van der Waals surface area contributed by atoms with Crippen molar-refractivity contribution >= 4 is 17.7 Å². The van der Waals surface area contributed by atoms with Crippen LogP contribution in [0.4, 0.5) is 0 Å². The smallest absolute Gasteiger partial charge is 0.227 e. The predicted molar refractivity (Wildman–Crippen MR) is 60.7 cm³/mol. The lowest BCUT2D eigenvalue weighted by molar-refractivity contribution is -0.115. The number of imidazole rings is 1. The SMILES string of the molecule is CN(C)CCn1ccnc1SCC(N)=O. The van der Waals surface area contributed by atoms with Crippen LogP contribution in [0.1, 0.15) is 0 Å². The molecule has 5 nitrogen and oxygen atoms in total. The molecule has 1 heterocycles. The summed E-state index contributed by atoms with van der Waals surface area (Å²) in [5.74, 6) is -0.0407. The van der Waals surface area contributed by atoms with Crippen molar-refractivity contribution in [3.8, 4) is 0 Å². The molecule has 0 aliphatic rings. The van der Waals surface area contributed by atoms with Gasteiger partial charge in [-0.25, -0.2) is 4.98 Å². The first-order valence-electron chi connectivity index (χ1n) is 4.66. The number of nitrogens with zero attached hydrogens (tertiary/aromatic N) is 3. The molecule has 1 aromatic rings. The van der Waals surface area contributed by atoms with E-state index in [9.17, 15) is 4.79 Å². The normalized spacial score (nSPS) is 10.9. The third-order valence-electron chi connectivity index (χ3n) is 1.81. The number of aromatic nitrogens is 2. The third-order valence-corrected chi connectivity index (χ3v) is 2.84. The highest BCUT2D eigenvalue weighted by Crippen LogP contribution is 2.14. The maximum atomic E-state index is 10.6. The van der Waals surface area contributed by atoms with Gasteiger partial charge in [0.25, 0.3) is 0 Å². The van der Waals surface area contributed by atoms with Gasteiger partial charge in [-0.3, -0.25) is 4.79 Å². The van der Waals surface area contributed by atoms with Crippen molar-refractivity contribution in [3.63, 3.8) is 0 Å². The summed E-state index contributed by atoms with van der Waals surface area (Å²) >= 11 is 1.37. The summed E-state index contributed by atoms with van der Waals surface area (Å²) in [6.07, 6.45) is 3.64. The number of amides is 1. The molecule has 0 aliphatic heterocycles. The molecule has 0 radical (unpaired) electrons. The van der Waals surface area contributed by atoms with E-state index in [0.29, 0.717) is 0 Å². The maximum absolute atomic E-state index is 10.6. The summed E-state index contributed by atoms with van der Waals surface area (Å²) in [5, 5.41) is 0.843. The molecule has 0 saturated heterocycles. The summed E-state index contributed by atoms with van der Waals surface area (Å²) in [4.78, 5) is 16.9. The molecule has 0 bridgehead atoms. The van der Waals surface area contributed by atoms with Gasteiger partial charge < -0.3 is 15.2 Å². The van der Waals surface area contributed by atoms with Crippen LogP contribution in [-0.2, 0) is 11.3 Å². The number of carbonyl (C=O) groups excluding carboxylic acids is 1. The number of thioether (sulfide) groups is 1. The molecule has 1 rings (SSSR count). The average molecular weight is 228 g/mol. The molecular formula is C9H16N4OS. The van der Waals surface area contributed by atoms with Crippen LogP contribution in [0.5, 0.6) is 0 Å². The molecule has 1 amide bonds. The highest BCUT2D eigenvalue weighted by Gasteiger charge is 2.05. The molecule has 15 heavy (non-hydrogen) atoms. The molecule has 2 N–H and O–H groups in total. The van der Waals surface area contributed by atoms with Crippen molar-refractivity contribution in [2.24, 2.45) is 5.73 Å². The Hall–Kier alpha value is -1.01. The maximum Gasteiger partial charge on any atom is 0.227 e. The quantitative estimate of drug-likeness (QED) is 0.697. The van der Waals surface area contributed by atoms with E-state index in [1.54, 1.807) is 6.20 Å². The summed E-state index contributed by atoms with van der Waals surface area (Å²) in [6.45, 7) is 1.81. The monoisotopic (exact) mass is 228 g/mol. The molecule has 0 aliphatic carbocycles. The molecule has 0 unspecified atom stereocenters. The Morgan fingerprint density at radius 1 is 1.67 bits per heavy atom. The second kappa shape index (κ2) is 5.77. The molecule has 0 atom stereocenters. The van der Waals surface area contributed by atoms with E-state index in [0.717, 1.165) is 18.2 Å². The number of hydrogen-bond acceptors (Lipinski definition) is 4. The van der Waals surface area contributed by atoms with Crippen LogP contribution in [0.25, 0.3) is 0 Å². The fraction of sp³-hybridized carbons (Fsp3) is 0.556. The van der Waals surface area contributed by atoms with Gasteiger partial charge in [-0.2, -0.15) is 0 Å². The van der Waals surface area contributed by atoms with Crippen LogP contribution < -0.4 is 5.73 Å². The Morgan fingerprint density at radius 2 is 2.40 bits per heavy atom. The zero-order valence-electron chi connectivity index (χ0n) is 9.01. The number of hydrogen-bond donors (Lipinski definition) is 1. The van der Waals surface area contributed by atoms with Gasteiger partial charge in [0.2, 0.25) is 5.91 Å². The Bertz CT molecular complexity index is 324. The van der Waals surface area contributed by atoms with E-state index in [1.165, 1.54) is 11.8 Å². The highest BCUT2D eigenvalue weighted by atomic mass is 32.2. The average Bonchev–Trinajstić information content (AvgIpc) is 2.58. The largest absolute Gasteiger partial charge is 0.369 e. The lowest BCUT2D eigenvalue weighted by Gasteiger charge is -2.11. The fourth-order valence-electron chi connectivity index (χ4n) is 1.05.